The van der Waals surface area contributed by atoms with Crippen LogP contribution in [0.5, 0.6) is 0 Å². The van der Waals surface area contributed by atoms with Crippen LogP contribution in [0.4, 0.5) is 0 Å². The molecule has 1 aromatic heterocycles. The van der Waals surface area contributed by atoms with Crippen LogP contribution in [0.2, 0.25) is 10.0 Å². The molecule has 2 unspecified atom stereocenters. The van der Waals surface area contributed by atoms with Crippen LogP contribution in [-0.4, -0.2) is 17.6 Å². The summed E-state index contributed by atoms with van der Waals surface area (Å²) < 4.78 is 7.44. The van der Waals surface area contributed by atoms with Crippen molar-refractivity contribution in [2.75, 3.05) is 7.11 Å². The lowest BCUT2D eigenvalue weighted by Gasteiger charge is -2.17. The van der Waals surface area contributed by atoms with Gasteiger partial charge in [-0.1, -0.05) is 47.5 Å². The van der Waals surface area contributed by atoms with E-state index in [1.807, 2.05) is 18.2 Å². The van der Waals surface area contributed by atoms with Gasteiger partial charge in [0.1, 0.15) is 0 Å². The summed E-state index contributed by atoms with van der Waals surface area (Å²) in [6.07, 6.45) is 5.50. The largest absolute Gasteiger partial charge is 0.469 e. The number of methoxy groups -OCH3 is 1. The number of aromatic nitrogens is 1. The van der Waals surface area contributed by atoms with Gasteiger partial charge in [-0.05, 0) is 60.9 Å². The highest BCUT2D eigenvalue weighted by Gasteiger charge is 2.46. The van der Waals surface area contributed by atoms with Crippen molar-refractivity contribution in [3.05, 3.63) is 68.8 Å². The molecule has 2 atom stereocenters. The highest BCUT2D eigenvalue weighted by atomic mass is 35.5. The number of rotatable bonds is 4. The summed E-state index contributed by atoms with van der Waals surface area (Å²) in [6, 6.07) is 12.3. The quantitative estimate of drug-likeness (QED) is 0.467. The van der Waals surface area contributed by atoms with E-state index in [1.165, 1.54) is 47.7 Å². The Hall–Kier alpha value is -1.97. The van der Waals surface area contributed by atoms with E-state index in [9.17, 15) is 4.79 Å². The summed E-state index contributed by atoms with van der Waals surface area (Å²) in [5, 5.41) is 2.68. The molecule has 0 bridgehead atoms. The first-order valence-electron chi connectivity index (χ1n) is 10.2. The normalized spacial score (nSPS) is 20.5. The maximum absolute atomic E-state index is 12.1. The van der Waals surface area contributed by atoms with E-state index >= 15 is 0 Å². The smallest absolute Gasteiger partial charge is 0.309 e. The summed E-state index contributed by atoms with van der Waals surface area (Å²) in [4.78, 5) is 12.1. The molecule has 1 fully saturated rings. The summed E-state index contributed by atoms with van der Waals surface area (Å²) in [5.74, 6) is 0.114. The van der Waals surface area contributed by atoms with Gasteiger partial charge in [-0.3, -0.25) is 4.79 Å². The molecule has 150 valence electrons. The van der Waals surface area contributed by atoms with Crippen molar-refractivity contribution in [1.29, 1.82) is 0 Å². The average molecular weight is 428 g/mol. The molecule has 2 aromatic carbocycles. The van der Waals surface area contributed by atoms with Gasteiger partial charge in [0.15, 0.2) is 0 Å². The number of hydrogen-bond acceptors (Lipinski definition) is 2. The molecular weight excluding hydrogens is 405 g/mol. The zero-order valence-electron chi connectivity index (χ0n) is 16.4. The first-order chi connectivity index (χ1) is 14.1. The van der Waals surface area contributed by atoms with Crippen molar-refractivity contribution < 1.29 is 9.53 Å². The fourth-order valence-corrected chi connectivity index (χ4v) is 5.43. The Morgan fingerprint density at radius 2 is 2.00 bits per heavy atom. The second-order valence-corrected chi connectivity index (χ2v) is 9.01. The second-order valence-electron chi connectivity index (χ2n) is 8.17. The van der Waals surface area contributed by atoms with E-state index in [4.69, 9.17) is 27.9 Å². The second kappa shape index (κ2) is 7.37. The molecule has 2 aliphatic carbocycles. The highest BCUT2D eigenvalue weighted by Crippen LogP contribution is 2.51. The van der Waals surface area contributed by atoms with Gasteiger partial charge in [-0.2, -0.15) is 0 Å². The lowest BCUT2D eigenvalue weighted by Crippen LogP contribution is -2.10. The van der Waals surface area contributed by atoms with E-state index in [-0.39, 0.29) is 17.8 Å². The van der Waals surface area contributed by atoms with E-state index in [0.717, 1.165) is 24.8 Å². The lowest BCUT2D eigenvalue weighted by molar-refractivity contribution is -0.142. The lowest BCUT2D eigenvalue weighted by atomic mass is 9.94. The van der Waals surface area contributed by atoms with Crippen LogP contribution in [0, 0.1) is 5.92 Å². The van der Waals surface area contributed by atoms with Crippen LogP contribution in [0.25, 0.3) is 10.9 Å². The van der Waals surface area contributed by atoms with Gasteiger partial charge in [0.05, 0.1) is 18.5 Å². The molecule has 0 spiro atoms. The summed E-state index contributed by atoms with van der Waals surface area (Å²) in [5.41, 5.74) is 6.48. The molecule has 5 rings (SSSR count). The Morgan fingerprint density at radius 3 is 2.79 bits per heavy atom. The SMILES string of the molecule is COC(=O)C1CC1c1cccc2c3c(n(Cc4ccc(Cl)cc4Cl)c12)CCCC3. The summed E-state index contributed by atoms with van der Waals surface area (Å²) in [7, 11) is 1.47. The number of hydrogen-bond donors (Lipinski definition) is 0. The number of benzene rings is 2. The summed E-state index contributed by atoms with van der Waals surface area (Å²) >= 11 is 12.6. The molecule has 3 nitrogen and oxygen atoms in total. The number of nitrogens with zero attached hydrogens (tertiary/aromatic N) is 1. The molecule has 2 aliphatic rings. The number of halogens is 2. The van der Waals surface area contributed by atoms with Gasteiger partial charge >= 0.3 is 5.97 Å². The van der Waals surface area contributed by atoms with Gasteiger partial charge in [0.2, 0.25) is 0 Å². The maximum atomic E-state index is 12.1. The Labute approximate surface area is 180 Å². The van der Waals surface area contributed by atoms with Crippen LogP contribution in [0.1, 0.15) is 47.6 Å². The first kappa shape index (κ1) is 19.0. The third kappa shape index (κ3) is 3.25. The van der Waals surface area contributed by atoms with Gasteiger partial charge in [0.25, 0.3) is 0 Å². The van der Waals surface area contributed by atoms with Crippen LogP contribution in [0.15, 0.2) is 36.4 Å². The van der Waals surface area contributed by atoms with Crippen LogP contribution >= 0.6 is 23.2 Å². The number of aryl methyl sites for hydroxylation is 1. The number of fused-ring (bicyclic) bond motifs is 3. The van der Waals surface area contributed by atoms with Crippen LogP contribution < -0.4 is 0 Å². The Bertz CT molecular complexity index is 1120. The number of carbonyl (C=O) groups excluding carboxylic acids is 1. The van der Waals surface area contributed by atoms with Crippen LogP contribution in [-0.2, 0) is 28.9 Å². The molecule has 0 N–H and O–H groups in total. The number of carbonyl (C=O) groups is 1. The molecule has 0 radical (unpaired) electrons. The molecule has 1 saturated carbocycles. The molecule has 0 amide bonds. The number of para-hydroxylation sites is 1. The fraction of sp³-hybridized carbons (Fsp3) is 0.375. The van der Waals surface area contributed by atoms with Crippen molar-refractivity contribution in [3.8, 4) is 0 Å². The van der Waals surface area contributed by atoms with Gasteiger partial charge in [0, 0.05) is 33.6 Å². The van der Waals surface area contributed by atoms with Gasteiger partial charge < -0.3 is 9.30 Å². The Balaban J connectivity index is 1.66. The first-order valence-corrected chi connectivity index (χ1v) is 11.0. The van der Waals surface area contributed by atoms with Crippen molar-refractivity contribution >= 4 is 40.1 Å². The predicted molar refractivity (Wildman–Crippen MR) is 117 cm³/mol. The molecule has 0 saturated heterocycles. The zero-order valence-corrected chi connectivity index (χ0v) is 17.9. The predicted octanol–water partition coefficient (Wildman–Crippen LogP) is 6.15. The molecule has 5 heteroatoms. The number of ether oxygens (including phenoxy) is 1. The highest BCUT2D eigenvalue weighted by molar-refractivity contribution is 6.35. The fourth-order valence-electron chi connectivity index (χ4n) is 4.96. The minimum Gasteiger partial charge on any atom is -0.469 e. The van der Waals surface area contributed by atoms with Crippen molar-refractivity contribution in [1.82, 2.24) is 4.57 Å². The third-order valence-corrected chi connectivity index (χ3v) is 7.05. The monoisotopic (exact) mass is 427 g/mol. The van der Waals surface area contributed by atoms with Crippen molar-refractivity contribution in [2.24, 2.45) is 5.92 Å². The third-order valence-electron chi connectivity index (χ3n) is 6.46. The number of esters is 1. The van der Waals surface area contributed by atoms with Crippen molar-refractivity contribution in [3.63, 3.8) is 0 Å². The molecule has 1 heterocycles. The van der Waals surface area contributed by atoms with E-state index in [2.05, 4.69) is 22.8 Å². The topological polar surface area (TPSA) is 31.2 Å². The summed E-state index contributed by atoms with van der Waals surface area (Å²) in [6.45, 7) is 0.717. The van der Waals surface area contributed by atoms with Crippen LogP contribution in [0.3, 0.4) is 0 Å². The Morgan fingerprint density at radius 1 is 1.17 bits per heavy atom. The van der Waals surface area contributed by atoms with E-state index in [1.54, 1.807) is 0 Å². The molecule has 0 aliphatic heterocycles. The average Bonchev–Trinajstić information content (AvgIpc) is 3.47. The van der Waals surface area contributed by atoms with Crippen molar-refractivity contribution in [2.45, 2.75) is 44.6 Å². The van der Waals surface area contributed by atoms with Gasteiger partial charge in [-0.25, -0.2) is 0 Å². The minimum atomic E-state index is -0.101. The van der Waals surface area contributed by atoms with Gasteiger partial charge in [-0.15, -0.1) is 0 Å². The van der Waals surface area contributed by atoms with E-state index in [0.29, 0.717) is 16.6 Å². The maximum Gasteiger partial charge on any atom is 0.309 e. The zero-order chi connectivity index (χ0) is 20.1. The molecular formula is C24H23Cl2NO2. The Kier molecular flexibility index (Phi) is 4.84. The minimum absolute atomic E-state index is 0.0231. The standard InChI is InChI=1S/C24H23Cl2NO2/c1-29-24(28)20-12-19(20)18-7-4-6-17-16-5-2-3-8-22(16)27(23(17)18)13-14-9-10-15(25)11-21(14)26/h4,6-7,9-11,19-20H,2-3,5,8,12-13H2,1H3. The molecule has 3 aromatic rings. The van der Waals surface area contributed by atoms with E-state index < -0.39 is 0 Å². The molecule has 29 heavy (non-hydrogen) atoms.